The summed E-state index contributed by atoms with van der Waals surface area (Å²) in [6.45, 7) is 4.27. The number of nitrogens with zero attached hydrogens (tertiary/aromatic N) is 1. The van der Waals surface area contributed by atoms with Crippen molar-refractivity contribution in [3.63, 3.8) is 0 Å². The molecule has 7 nitrogen and oxygen atoms in total. The number of aliphatic imine (C=N–C) groups is 1. The zero-order chi connectivity index (χ0) is 18.6. The summed E-state index contributed by atoms with van der Waals surface area (Å²) in [6, 6.07) is 0.0786. The third-order valence-electron chi connectivity index (χ3n) is 5.03. The molecule has 27 heavy (non-hydrogen) atoms. The second kappa shape index (κ2) is 14.3. The minimum Gasteiger partial charge on any atom is -0.450 e. The molecule has 0 bridgehead atoms. The molecule has 2 aliphatic rings. The Morgan fingerprint density at radius 2 is 1.81 bits per heavy atom. The van der Waals surface area contributed by atoms with Crippen molar-refractivity contribution in [2.45, 2.75) is 70.4 Å². The molecule has 2 aliphatic carbocycles. The van der Waals surface area contributed by atoms with E-state index in [1.807, 2.05) is 6.92 Å². The molecule has 158 valence electrons. The van der Waals surface area contributed by atoms with Crippen LogP contribution in [0, 0.1) is 5.92 Å². The molecule has 2 fully saturated rings. The van der Waals surface area contributed by atoms with E-state index in [2.05, 4.69) is 20.9 Å². The van der Waals surface area contributed by atoms with E-state index in [0.29, 0.717) is 31.8 Å². The second-order valence-electron chi connectivity index (χ2n) is 7.17. The largest absolute Gasteiger partial charge is 0.450 e. The second-order valence-corrected chi connectivity index (χ2v) is 7.17. The van der Waals surface area contributed by atoms with Gasteiger partial charge < -0.3 is 25.4 Å². The number of hydrogen-bond acceptors (Lipinski definition) is 4. The lowest BCUT2D eigenvalue weighted by atomic mass is 10.1. The maximum atomic E-state index is 11.7. The van der Waals surface area contributed by atoms with E-state index in [1.54, 1.807) is 7.05 Å². The number of hydrogen-bond donors (Lipinski definition) is 3. The normalized spacial score (nSPS) is 19.4. The number of guanidine groups is 1. The maximum absolute atomic E-state index is 11.7. The van der Waals surface area contributed by atoms with Crippen molar-refractivity contribution < 1.29 is 14.3 Å². The fourth-order valence-electron chi connectivity index (χ4n) is 3.39. The molecule has 2 saturated carbocycles. The van der Waals surface area contributed by atoms with Gasteiger partial charge in [0.25, 0.3) is 0 Å². The zero-order valence-corrected chi connectivity index (χ0v) is 19.1. The van der Waals surface area contributed by atoms with Crippen LogP contribution in [0.3, 0.4) is 0 Å². The lowest BCUT2D eigenvalue weighted by Gasteiger charge is -2.21. The summed E-state index contributed by atoms with van der Waals surface area (Å²) < 4.78 is 11.0. The van der Waals surface area contributed by atoms with Gasteiger partial charge >= 0.3 is 6.09 Å². The highest BCUT2D eigenvalue weighted by atomic mass is 127. The molecule has 0 aliphatic heterocycles. The van der Waals surface area contributed by atoms with Crippen LogP contribution in [0.4, 0.5) is 4.79 Å². The highest BCUT2D eigenvalue weighted by Crippen LogP contribution is 2.32. The zero-order valence-electron chi connectivity index (χ0n) is 16.8. The van der Waals surface area contributed by atoms with E-state index in [-0.39, 0.29) is 36.1 Å². The number of alkyl carbamates (subject to hydrolysis) is 1. The molecule has 1 amide bonds. The lowest BCUT2D eigenvalue weighted by Crippen LogP contribution is -2.48. The summed E-state index contributed by atoms with van der Waals surface area (Å²) in [5.74, 6) is 1.27. The van der Waals surface area contributed by atoms with Crippen molar-refractivity contribution in [3.8, 4) is 0 Å². The van der Waals surface area contributed by atoms with E-state index in [0.717, 1.165) is 25.3 Å². The predicted octanol–water partition coefficient (Wildman–Crippen LogP) is 3.03. The number of rotatable bonds is 9. The van der Waals surface area contributed by atoms with Gasteiger partial charge in [-0.3, -0.25) is 4.99 Å². The van der Waals surface area contributed by atoms with Crippen molar-refractivity contribution in [3.05, 3.63) is 0 Å². The van der Waals surface area contributed by atoms with E-state index < -0.39 is 0 Å². The van der Waals surface area contributed by atoms with Crippen LogP contribution in [-0.2, 0) is 9.47 Å². The number of nitrogens with one attached hydrogen (secondary N) is 3. The number of carbonyl (C=O) groups excluding carboxylic acids is 1. The minimum absolute atomic E-state index is 0. The SMILES string of the molecule is CCOC(=O)NC(CNC(=NC)NCCOC1CCCCCC1)C1CC1.I. The van der Waals surface area contributed by atoms with Gasteiger partial charge in [-0.25, -0.2) is 4.79 Å². The Morgan fingerprint density at radius 1 is 1.11 bits per heavy atom. The first-order valence-electron chi connectivity index (χ1n) is 10.2. The van der Waals surface area contributed by atoms with Crippen LogP contribution < -0.4 is 16.0 Å². The average molecular weight is 496 g/mol. The van der Waals surface area contributed by atoms with Crippen LogP contribution in [0.2, 0.25) is 0 Å². The van der Waals surface area contributed by atoms with E-state index in [4.69, 9.17) is 9.47 Å². The third-order valence-corrected chi connectivity index (χ3v) is 5.03. The van der Waals surface area contributed by atoms with Crippen LogP contribution >= 0.6 is 24.0 Å². The molecule has 8 heteroatoms. The van der Waals surface area contributed by atoms with Crippen molar-refractivity contribution >= 4 is 36.0 Å². The lowest BCUT2D eigenvalue weighted by molar-refractivity contribution is 0.0468. The number of carbonyl (C=O) groups is 1. The molecule has 1 atom stereocenters. The smallest absolute Gasteiger partial charge is 0.407 e. The quantitative estimate of drug-likeness (QED) is 0.150. The van der Waals surface area contributed by atoms with Gasteiger partial charge in [0.05, 0.1) is 25.4 Å². The van der Waals surface area contributed by atoms with Crippen molar-refractivity contribution in [1.82, 2.24) is 16.0 Å². The fourth-order valence-corrected chi connectivity index (χ4v) is 3.39. The highest BCUT2D eigenvalue weighted by Gasteiger charge is 2.32. The standard InChI is InChI=1S/C19H36N4O3.HI/c1-3-25-19(24)23-17(15-10-11-15)14-22-18(20-2)21-12-13-26-16-8-6-4-5-7-9-16;/h15-17H,3-14H2,1-2H3,(H,23,24)(H2,20,21,22);1H. The van der Waals surface area contributed by atoms with Crippen LogP contribution in [0.15, 0.2) is 4.99 Å². The van der Waals surface area contributed by atoms with E-state index in [9.17, 15) is 4.79 Å². The first-order valence-corrected chi connectivity index (χ1v) is 10.2. The summed E-state index contributed by atoms with van der Waals surface area (Å²) in [4.78, 5) is 15.9. The van der Waals surface area contributed by atoms with Gasteiger partial charge in [0.2, 0.25) is 0 Å². The van der Waals surface area contributed by atoms with Crippen LogP contribution in [0.5, 0.6) is 0 Å². The summed E-state index contributed by atoms with van der Waals surface area (Å²) in [7, 11) is 1.76. The molecule has 0 saturated heterocycles. The maximum Gasteiger partial charge on any atom is 0.407 e. The molecule has 0 aromatic heterocycles. The summed E-state index contributed by atoms with van der Waals surface area (Å²) in [6.07, 6.45) is 10.0. The monoisotopic (exact) mass is 496 g/mol. The van der Waals surface area contributed by atoms with E-state index in [1.165, 1.54) is 38.5 Å². The molecule has 2 rings (SSSR count). The predicted molar refractivity (Wildman–Crippen MR) is 119 cm³/mol. The first-order chi connectivity index (χ1) is 12.7. The van der Waals surface area contributed by atoms with Crippen LogP contribution in [0.1, 0.15) is 58.3 Å². The Hall–Kier alpha value is -0.770. The molecule has 0 aromatic carbocycles. The minimum atomic E-state index is -0.342. The Morgan fingerprint density at radius 3 is 2.41 bits per heavy atom. The molecule has 0 heterocycles. The highest BCUT2D eigenvalue weighted by molar-refractivity contribution is 14.0. The van der Waals surface area contributed by atoms with Gasteiger partial charge in [-0.2, -0.15) is 0 Å². The molecule has 1 unspecified atom stereocenters. The summed E-state index contributed by atoms with van der Waals surface area (Å²) in [5, 5.41) is 9.53. The molecule has 0 aromatic rings. The van der Waals surface area contributed by atoms with Crippen molar-refractivity contribution in [1.29, 1.82) is 0 Å². The van der Waals surface area contributed by atoms with E-state index >= 15 is 0 Å². The van der Waals surface area contributed by atoms with Crippen LogP contribution in [0.25, 0.3) is 0 Å². The first kappa shape index (κ1) is 24.3. The molecular formula is C19H37IN4O3. The number of amides is 1. The Bertz CT molecular complexity index is 439. The summed E-state index contributed by atoms with van der Waals surface area (Å²) in [5.41, 5.74) is 0. The molecule has 0 spiro atoms. The van der Waals surface area contributed by atoms with Crippen molar-refractivity contribution in [2.75, 3.05) is 33.4 Å². The molecule has 0 radical (unpaired) electrons. The van der Waals surface area contributed by atoms with Gasteiger partial charge in [-0.05, 0) is 38.5 Å². The fraction of sp³-hybridized carbons (Fsp3) is 0.895. The third kappa shape index (κ3) is 10.4. The Balaban J connectivity index is 0.00000364. The van der Waals surface area contributed by atoms with Crippen molar-refractivity contribution in [2.24, 2.45) is 10.9 Å². The number of ether oxygens (including phenoxy) is 2. The van der Waals surface area contributed by atoms with Gasteiger partial charge in [-0.1, -0.05) is 25.7 Å². The Kier molecular flexibility index (Phi) is 12.8. The van der Waals surface area contributed by atoms with Gasteiger partial charge in [0, 0.05) is 20.1 Å². The molecule has 3 N–H and O–H groups in total. The van der Waals surface area contributed by atoms with Gasteiger partial charge in [-0.15, -0.1) is 24.0 Å². The number of halogens is 1. The van der Waals surface area contributed by atoms with Gasteiger partial charge in [0.15, 0.2) is 5.96 Å². The topological polar surface area (TPSA) is 84.0 Å². The molecular weight excluding hydrogens is 459 g/mol. The van der Waals surface area contributed by atoms with Crippen LogP contribution in [-0.4, -0.2) is 57.5 Å². The Labute approximate surface area is 180 Å². The van der Waals surface area contributed by atoms with Gasteiger partial charge in [0.1, 0.15) is 0 Å². The summed E-state index contributed by atoms with van der Waals surface area (Å²) >= 11 is 0. The average Bonchev–Trinajstić information content (AvgIpc) is 3.47.